The van der Waals surface area contributed by atoms with Crippen molar-refractivity contribution in [1.82, 2.24) is 42.1 Å². The molecule has 2 aromatic rings. The molecule has 14 atom stereocenters. The van der Waals surface area contributed by atoms with Crippen LogP contribution in [0, 0.1) is 11.8 Å². The van der Waals surface area contributed by atoms with Crippen LogP contribution < -0.4 is 47.7 Å². The fourth-order valence-corrected chi connectivity index (χ4v) is 13.3. The minimum atomic E-state index is -2.51. The van der Waals surface area contributed by atoms with E-state index in [0.29, 0.717) is 25.7 Å². The number of phenols is 2. The molecule has 7 rings (SSSR count). The van der Waals surface area contributed by atoms with E-state index in [1.54, 1.807) is 13.8 Å². The predicted octanol–water partition coefficient (Wildman–Crippen LogP) is -3.82. The molecule has 34 heteroatoms. The van der Waals surface area contributed by atoms with Gasteiger partial charge in [0, 0.05) is 68.2 Å². The number of nitrogens with one attached hydrogen (secondary N) is 7. The summed E-state index contributed by atoms with van der Waals surface area (Å²) in [5.74, 6) is -15.4. The second kappa shape index (κ2) is 33.9. The smallest absolute Gasteiger partial charge is 0.303 e. The molecule has 0 radical (unpaired) electrons. The second-order valence-corrected chi connectivity index (χ2v) is 26.2. The van der Waals surface area contributed by atoms with Crippen LogP contribution in [0.5, 0.6) is 17.2 Å². The Morgan fingerprint density at radius 2 is 1.35 bits per heavy atom. The standard InChI is InChI=1S/C65H89N9O25/c1-28(2)19-37(60(91)69-36-21-47(98-30(4)53(36)84)99-42-23-65(96,43(79)27-77)22-34-49(42)57(88)51-50(55(34)86)54(85)33-13-9-14-41(97-5)48(33)56(51)87)70-61(92)38(25-75)72-59(90)35(17-18-44(66)80)68-64(95)52(31-11-7-6-8-12-31)73-62(93)39(26-76)71-58(89)29(3)67-63(94)40-20-32(78)24-74(40)45(81)15-10-16-46(82)83/h9,13-14,28-32,35-40,42,47,52-53,75-78,84,86,88,96H,6-8,10-12,15-27H2,1-5H3,(H2,66,80)(H,67,94)(H,68,95)(H,69,91)(H,70,92)(H,71,89)(H,72,90)(H,73,93)(H,82,83)/t29-,30-,32-,35-,36-,37-,38-,39-,40+,42-,47-,52-,53+,65-/m1/s1. The first-order valence-electron chi connectivity index (χ1n) is 32.8. The van der Waals surface area contributed by atoms with Gasteiger partial charge in [0.15, 0.2) is 17.9 Å². The zero-order valence-corrected chi connectivity index (χ0v) is 55.4. The van der Waals surface area contributed by atoms with Gasteiger partial charge in [-0.05, 0) is 63.9 Å². The van der Waals surface area contributed by atoms with Crippen LogP contribution in [0.25, 0.3) is 0 Å². The number of ketones is 3. The highest BCUT2D eigenvalue weighted by Crippen LogP contribution is 2.53. The molecular weight excluding hydrogens is 1310 g/mol. The topological polar surface area (TPSA) is 545 Å². The third kappa shape index (κ3) is 18.4. The van der Waals surface area contributed by atoms with Crippen LogP contribution in [-0.2, 0) is 68.6 Å². The number of Topliss-reactive ketones (excluding diaryl/α,β-unsaturated/α-hetero) is 1. The summed E-state index contributed by atoms with van der Waals surface area (Å²) in [5, 5.41) is 115. The van der Waals surface area contributed by atoms with E-state index in [1.807, 2.05) is 0 Å². The lowest BCUT2D eigenvalue weighted by atomic mass is 9.72. The minimum Gasteiger partial charge on any atom is -0.507 e. The van der Waals surface area contributed by atoms with Crippen LogP contribution in [0.4, 0.5) is 0 Å². The fourth-order valence-electron chi connectivity index (χ4n) is 13.3. The van der Waals surface area contributed by atoms with E-state index in [1.165, 1.54) is 39.2 Å². The number of aliphatic hydroxyl groups is 6. The molecular formula is C65H89N9O25. The Bertz CT molecular complexity index is 3430. The van der Waals surface area contributed by atoms with Crippen LogP contribution in [0.15, 0.2) is 18.2 Å². The predicted molar refractivity (Wildman–Crippen MR) is 339 cm³/mol. The average molecular weight is 1400 g/mol. The lowest BCUT2D eigenvalue weighted by molar-refractivity contribution is -0.249. The van der Waals surface area contributed by atoms with Crippen LogP contribution in [0.3, 0.4) is 0 Å². The number of carbonyl (C=O) groups excluding carboxylic acids is 12. The number of ether oxygens (including phenoxy) is 3. The number of hydrogen-bond acceptors (Lipinski definition) is 24. The number of likely N-dealkylation sites (tertiary alicyclic amines) is 1. The number of carboxylic acid groups (broad SMARTS) is 1. The van der Waals surface area contributed by atoms with Gasteiger partial charge >= 0.3 is 5.97 Å². The van der Waals surface area contributed by atoms with E-state index in [2.05, 4.69) is 37.2 Å². The van der Waals surface area contributed by atoms with E-state index in [0.717, 1.165) is 11.3 Å². The van der Waals surface area contributed by atoms with Gasteiger partial charge in [0.25, 0.3) is 0 Å². The Morgan fingerprint density at radius 3 is 1.97 bits per heavy atom. The van der Waals surface area contributed by atoms with Gasteiger partial charge in [-0.25, -0.2) is 0 Å². The summed E-state index contributed by atoms with van der Waals surface area (Å²) in [6, 6.07) is -8.06. The monoisotopic (exact) mass is 1400 g/mol. The molecule has 3 fully saturated rings. The van der Waals surface area contributed by atoms with Gasteiger partial charge in [0.05, 0.1) is 61.4 Å². The van der Waals surface area contributed by atoms with Crippen molar-refractivity contribution in [3.63, 3.8) is 0 Å². The number of nitrogens with zero attached hydrogens (tertiary/aromatic N) is 1. The number of carbonyl (C=O) groups is 13. The third-order valence-corrected chi connectivity index (χ3v) is 18.5. The Morgan fingerprint density at radius 1 is 0.737 bits per heavy atom. The van der Waals surface area contributed by atoms with E-state index in [-0.39, 0.29) is 72.6 Å². The molecule has 2 aromatic carbocycles. The zero-order valence-electron chi connectivity index (χ0n) is 55.4. The Kier molecular flexibility index (Phi) is 26.5. The van der Waals surface area contributed by atoms with Gasteiger partial charge in [-0.1, -0.05) is 45.2 Å². The number of aliphatic hydroxyl groups excluding tert-OH is 5. The highest BCUT2D eigenvalue weighted by atomic mass is 16.7. The maximum atomic E-state index is 14.4. The van der Waals surface area contributed by atoms with Crippen LogP contribution in [0.2, 0.25) is 0 Å². The molecule has 5 aliphatic rings. The number of rotatable bonds is 31. The second-order valence-electron chi connectivity index (χ2n) is 26.2. The Hall–Kier alpha value is -8.77. The van der Waals surface area contributed by atoms with Gasteiger partial charge in [0.1, 0.15) is 77.9 Å². The maximum Gasteiger partial charge on any atom is 0.303 e. The third-order valence-electron chi connectivity index (χ3n) is 18.5. The van der Waals surface area contributed by atoms with Gasteiger partial charge in [-0.2, -0.15) is 0 Å². The number of β-amino-alcohol motifs (C(OH)–C–C–N with tert-alkyl or cyclic N) is 1. The lowest BCUT2D eigenvalue weighted by Crippen LogP contribution is -2.62. The first-order valence-corrected chi connectivity index (χ1v) is 32.8. The van der Waals surface area contributed by atoms with Gasteiger partial charge in [-0.3, -0.25) is 62.3 Å². The van der Waals surface area contributed by atoms with Gasteiger partial charge in [0.2, 0.25) is 58.9 Å². The highest BCUT2D eigenvalue weighted by Gasteiger charge is 2.51. The molecule has 0 aromatic heterocycles. The molecule has 34 nitrogen and oxygen atoms in total. The molecule has 99 heavy (non-hydrogen) atoms. The van der Waals surface area contributed by atoms with Crippen molar-refractivity contribution in [3.8, 4) is 17.2 Å². The highest BCUT2D eigenvalue weighted by molar-refractivity contribution is 6.31. The molecule has 544 valence electrons. The summed E-state index contributed by atoms with van der Waals surface area (Å²) in [4.78, 5) is 176. The van der Waals surface area contributed by atoms with Crippen molar-refractivity contribution in [1.29, 1.82) is 0 Å². The zero-order chi connectivity index (χ0) is 73.1. The SMILES string of the molecule is COc1cccc2c1C(=O)c1c(O)c3c(c(O)c1C2=O)C[C@](O)(C(=O)CO)C[C@H]3O[C@@H]1C[C@@H](NC(=O)[C@@H](CC(C)C)NC(=O)[C@@H](CO)NC(=O)[C@@H](CCC(N)=O)NC(=O)[C@H](NC(=O)[C@@H](CO)NC(=O)[C@@H](C)NC(=O)[C@@H]2C[C@@H](O)CN2C(=O)CCCC(=O)O)C2CCCCC2)[C@@H](O)[C@@H](C)O1. The summed E-state index contributed by atoms with van der Waals surface area (Å²) in [5.41, 5.74) is 0.557. The fraction of sp³-hybridized carbons (Fsp3) is 0.615. The lowest BCUT2D eigenvalue weighted by Gasteiger charge is -2.43. The number of fused-ring (bicyclic) bond motifs is 3. The van der Waals surface area contributed by atoms with Crippen molar-refractivity contribution < 1.29 is 122 Å². The number of nitrogens with two attached hydrogens (primary N) is 1. The number of aromatic hydroxyl groups is 2. The van der Waals surface area contributed by atoms with Crippen LogP contribution >= 0.6 is 0 Å². The van der Waals surface area contributed by atoms with Crippen molar-refractivity contribution in [2.45, 2.75) is 209 Å². The van der Waals surface area contributed by atoms with Gasteiger partial charge in [-0.15, -0.1) is 0 Å². The first-order chi connectivity index (χ1) is 46.8. The largest absolute Gasteiger partial charge is 0.507 e. The van der Waals surface area contributed by atoms with E-state index in [4.69, 9.17) is 25.1 Å². The number of primary amides is 1. The molecule has 9 amide bonds. The van der Waals surface area contributed by atoms with Gasteiger partial charge < -0.3 is 108 Å². The Balaban J connectivity index is 1.03. The summed E-state index contributed by atoms with van der Waals surface area (Å²) < 4.78 is 17.7. The summed E-state index contributed by atoms with van der Waals surface area (Å²) in [7, 11) is 1.25. The van der Waals surface area contributed by atoms with Crippen LogP contribution in [0.1, 0.15) is 167 Å². The number of methoxy groups -OCH3 is 1. The minimum absolute atomic E-state index is 0.0279. The van der Waals surface area contributed by atoms with Crippen molar-refractivity contribution in [2.75, 3.05) is 33.5 Å². The van der Waals surface area contributed by atoms with Crippen LogP contribution in [-0.4, -0.2) is 239 Å². The molecule has 3 aliphatic carbocycles. The number of carboxylic acids is 1. The molecule has 1 saturated carbocycles. The molecule has 2 aliphatic heterocycles. The molecule has 0 unspecified atom stereocenters. The number of amides is 9. The normalized spacial score (nSPS) is 23.8. The maximum absolute atomic E-state index is 14.4. The number of benzene rings is 2. The molecule has 2 heterocycles. The summed E-state index contributed by atoms with van der Waals surface area (Å²) in [6.07, 6.45) is -8.07. The summed E-state index contributed by atoms with van der Waals surface area (Å²) in [6.45, 7) is 2.46. The summed E-state index contributed by atoms with van der Waals surface area (Å²) >= 11 is 0. The number of aliphatic carboxylic acids is 1. The van der Waals surface area contributed by atoms with E-state index < -0.39 is 242 Å². The van der Waals surface area contributed by atoms with Crippen molar-refractivity contribution >= 4 is 76.5 Å². The Labute approximate surface area is 567 Å². The van der Waals surface area contributed by atoms with Crippen molar-refractivity contribution in [2.24, 2.45) is 17.6 Å². The van der Waals surface area contributed by atoms with E-state index >= 15 is 0 Å². The molecule has 2 saturated heterocycles. The number of phenolic OH excluding ortho intramolecular Hbond substituents is 2. The quantitative estimate of drug-likeness (QED) is 0.0275. The first kappa shape index (κ1) is 77.6. The molecule has 0 spiro atoms. The van der Waals surface area contributed by atoms with Crippen molar-refractivity contribution in [3.05, 3.63) is 51.6 Å². The molecule has 0 bridgehead atoms. The molecule has 18 N–H and O–H groups in total. The van der Waals surface area contributed by atoms with E-state index in [9.17, 15) is 103 Å². The number of hydrogen-bond donors (Lipinski definition) is 17. The average Bonchev–Trinajstić information content (AvgIpc) is 1.09.